The Morgan fingerprint density at radius 1 is 0.871 bits per heavy atom. The lowest BCUT2D eigenvalue weighted by atomic mass is 10.1. The Morgan fingerprint density at radius 2 is 1.52 bits per heavy atom. The maximum Gasteiger partial charge on any atom is 0.161 e. The molecule has 6 nitrogen and oxygen atoms in total. The second-order valence-electron chi connectivity index (χ2n) is 7.51. The zero-order valence-corrected chi connectivity index (χ0v) is 17.9. The van der Waals surface area contributed by atoms with Gasteiger partial charge in [0, 0.05) is 30.9 Å². The van der Waals surface area contributed by atoms with Gasteiger partial charge in [0.05, 0.1) is 5.56 Å². The molecule has 1 aliphatic heterocycles. The summed E-state index contributed by atoms with van der Waals surface area (Å²) in [7, 11) is 0. The van der Waals surface area contributed by atoms with Crippen molar-refractivity contribution < 1.29 is 10.2 Å². The van der Waals surface area contributed by atoms with Crippen LogP contribution in [0.2, 0.25) is 0 Å². The van der Waals surface area contributed by atoms with Gasteiger partial charge in [-0.2, -0.15) is 5.10 Å². The van der Waals surface area contributed by atoms with Crippen LogP contribution in [0.3, 0.4) is 0 Å². The van der Waals surface area contributed by atoms with Crippen LogP contribution < -0.4 is 10.3 Å². The molecule has 0 aromatic heterocycles. The van der Waals surface area contributed by atoms with Crippen LogP contribution in [0.15, 0.2) is 77.9 Å². The molecule has 0 radical (unpaired) electrons. The number of benzene rings is 3. The molecule has 3 aromatic carbocycles. The first-order chi connectivity index (χ1) is 15.1. The summed E-state index contributed by atoms with van der Waals surface area (Å²) in [5.74, 6) is 1.01. The highest BCUT2D eigenvalue weighted by atomic mass is 16.3. The van der Waals surface area contributed by atoms with E-state index in [0.717, 1.165) is 24.2 Å². The Hall–Kier alpha value is -3.67. The van der Waals surface area contributed by atoms with Crippen molar-refractivity contribution in [2.24, 2.45) is 5.10 Å². The summed E-state index contributed by atoms with van der Waals surface area (Å²) in [4.78, 5) is 4.37. The average Bonchev–Trinajstić information content (AvgIpc) is 3.19. The normalized spacial score (nSPS) is 15.5. The number of para-hydroxylation sites is 2. The van der Waals surface area contributed by atoms with E-state index in [2.05, 4.69) is 58.4 Å². The van der Waals surface area contributed by atoms with Crippen molar-refractivity contribution in [3.05, 3.63) is 89.5 Å². The third-order valence-corrected chi connectivity index (χ3v) is 5.67. The van der Waals surface area contributed by atoms with Crippen molar-refractivity contribution in [1.29, 1.82) is 0 Å². The molecule has 0 spiro atoms. The van der Waals surface area contributed by atoms with Crippen LogP contribution in [0.4, 0.5) is 5.69 Å². The Labute approximate surface area is 183 Å². The van der Waals surface area contributed by atoms with E-state index >= 15 is 0 Å². The zero-order chi connectivity index (χ0) is 21.8. The number of nitrogens with zero attached hydrogens (tertiary/aromatic N) is 3. The summed E-state index contributed by atoms with van der Waals surface area (Å²) in [6, 6.07) is 22.9. The lowest BCUT2D eigenvalue weighted by molar-refractivity contribution is 0.291. The van der Waals surface area contributed by atoms with E-state index in [9.17, 15) is 10.2 Å². The molecule has 160 valence electrons. The second kappa shape index (κ2) is 9.00. The lowest BCUT2D eigenvalue weighted by Crippen LogP contribution is -2.33. The average molecular weight is 417 g/mol. The molecule has 31 heavy (non-hydrogen) atoms. The summed E-state index contributed by atoms with van der Waals surface area (Å²) in [6.07, 6.45) is -0.349. The van der Waals surface area contributed by atoms with Crippen LogP contribution >= 0.6 is 0 Å². The minimum absolute atomic E-state index is 0.169. The van der Waals surface area contributed by atoms with Gasteiger partial charge in [0.1, 0.15) is 17.7 Å². The van der Waals surface area contributed by atoms with Gasteiger partial charge in [-0.25, -0.2) is 0 Å². The number of rotatable bonds is 7. The molecule has 0 aliphatic carbocycles. The third-order valence-electron chi connectivity index (χ3n) is 5.67. The molecule has 4 rings (SSSR count). The smallest absolute Gasteiger partial charge is 0.161 e. The molecule has 6 heteroatoms. The molecule has 3 aromatic rings. The van der Waals surface area contributed by atoms with Gasteiger partial charge >= 0.3 is 0 Å². The van der Waals surface area contributed by atoms with Crippen LogP contribution in [0.5, 0.6) is 11.5 Å². The Morgan fingerprint density at radius 3 is 2.16 bits per heavy atom. The van der Waals surface area contributed by atoms with Gasteiger partial charge in [-0.05, 0) is 49.7 Å². The van der Waals surface area contributed by atoms with Crippen LogP contribution in [-0.2, 0) is 6.54 Å². The summed E-state index contributed by atoms with van der Waals surface area (Å²) in [5, 5.41) is 25.4. The van der Waals surface area contributed by atoms with Gasteiger partial charge in [0.25, 0.3) is 0 Å². The van der Waals surface area contributed by atoms with Crippen molar-refractivity contribution in [3.63, 3.8) is 0 Å². The predicted molar refractivity (Wildman–Crippen MR) is 124 cm³/mol. The molecule has 0 bridgehead atoms. The van der Waals surface area contributed by atoms with Crippen molar-refractivity contribution in [1.82, 2.24) is 10.3 Å². The molecule has 0 saturated heterocycles. The highest BCUT2D eigenvalue weighted by molar-refractivity contribution is 6.02. The van der Waals surface area contributed by atoms with E-state index in [1.54, 1.807) is 24.3 Å². The van der Waals surface area contributed by atoms with E-state index in [0.29, 0.717) is 17.9 Å². The largest absolute Gasteiger partial charge is 0.508 e. The maximum absolute atomic E-state index is 10.4. The fourth-order valence-corrected chi connectivity index (χ4v) is 3.98. The van der Waals surface area contributed by atoms with Crippen LogP contribution in [0, 0.1) is 0 Å². The molecule has 0 saturated carbocycles. The number of hydrazone groups is 1. The topological polar surface area (TPSA) is 71.3 Å². The van der Waals surface area contributed by atoms with Gasteiger partial charge < -0.3 is 20.0 Å². The van der Waals surface area contributed by atoms with Gasteiger partial charge in [-0.1, -0.05) is 42.5 Å². The summed E-state index contributed by atoms with van der Waals surface area (Å²) in [5.41, 5.74) is 6.83. The number of amidine groups is 1. The van der Waals surface area contributed by atoms with Gasteiger partial charge in [0.2, 0.25) is 0 Å². The number of aromatic hydroxyl groups is 2. The lowest BCUT2D eigenvalue weighted by Gasteiger charge is -2.28. The van der Waals surface area contributed by atoms with Crippen molar-refractivity contribution in [2.45, 2.75) is 26.6 Å². The third kappa shape index (κ3) is 4.14. The van der Waals surface area contributed by atoms with E-state index in [1.807, 2.05) is 24.3 Å². The highest BCUT2D eigenvalue weighted by Gasteiger charge is 2.32. The summed E-state index contributed by atoms with van der Waals surface area (Å²) in [6.45, 7) is 6.80. The highest BCUT2D eigenvalue weighted by Crippen LogP contribution is 2.34. The molecule has 3 N–H and O–H groups in total. The minimum atomic E-state index is -0.349. The van der Waals surface area contributed by atoms with E-state index in [4.69, 9.17) is 0 Å². The fourth-order valence-electron chi connectivity index (χ4n) is 3.98. The predicted octanol–water partition coefficient (Wildman–Crippen LogP) is 4.41. The molecule has 1 unspecified atom stereocenters. The molecule has 1 atom stereocenters. The molecule has 0 amide bonds. The zero-order valence-electron chi connectivity index (χ0n) is 17.9. The fraction of sp³-hybridized carbons (Fsp3) is 0.240. The Balaban J connectivity index is 1.67. The standard InChI is InChI=1S/C25H28N4O2/c1-3-28(4-2)19-15-13-18(14-16-19)17-29-24(20-9-5-7-11-22(20)30)26-27-25(29)21-10-6-8-12-23(21)31/h5-16,24,26,30-31H,3-4,17H2,1-2H3. The molecule has 0 fully saturated rings. The Bertz CT molecular complexity index is 1060. The van der Waals surface area contributed by atoms with E-state index in [1.165, 1.54) is 5.69 Å². The number of anilines is 1. The number of phenolic OH excluding ortho intramolecular Hbond substituents is 2. The number of hydrogen-bond acceptors (Lipinski definition) is 6. The molecular weight excluding hydrogens is 388 g/mol. The van der Waals surface area contributed by atoms with Gasteiger partial charge in [0.15, 0.2) is 5.84 Å². The molecular formula is C25H28N4O2. The van der Waals surface area contributed by atoms with Gasteiger partial charge in [-0.3, -0.25) is 5.43 Å². The molecule has 1 heterocycles. The van der Waals surface area contributed by atoms with Crippen LogP contribution in [-0.4, -0.2) is 34.0 Å². The van der Waals surface area contributed by atoms with Crippen LogP contribution in [0.1, 0.15) is 36.7 Å². The monoisotopic (exact) mass is 416 g/mol. The summed E-state index contributed by atoms with van der Waals surface area (Å²) < 4.78 is 0. The first-order valence-corrected chi connectivity index (χ1v) is 10.6. The number of nitrogens with one attached hydrogen (secondary N) is 1. The van der Waals surface area contributed by atoms with Gasteiger partial charge in [-0.15, -0.1) is 0 Å². The van der Waals surface area contributed by atoms with Crippen molar-refractivity contribution >= 4 is 11.5 Å². The minimum Gasteiger partial charge on any atom is -0.508 e. The van der Waals surface area contributed by atoms with E-state index in [-0.39, 0.29) is 17.7 Å². The van der Waals surface area contributed by atoms with Crippen LogP contribution in [0.25, 0.3) is 0 Å². The van der Waals surface area contributed by atoms with E-state index < -0.39 is 0 Å². The number of phenols is 2. The van der Waals surface area contributed by atoms with Crippen molar-refractivity contribution in [2.75, 3.05) is 18.0 Å². The first kappa shape index (κ1) is 20.6. The quantitative estimate of drug-likeness (QED) is 0.532. The second-order valence-corrected chi connectivity index (χ2v) is 7.51. The first-order valence-electron chi connectivity index (χ1n) is 10.6. The SMILES string of the molecule is CCN(CC)c1ccc(CN2C(c3ccccc3O)=NNC2c2ccccc2O)cc1. The molecule has 1 aliphatic rings. The number of hydrogen-bond donors (Lipinski definition) is 3. The van der Waals surface area contributed by atoms with Crippen molar-refractivity contribution in [3.8, 4) is 11.5 Å². The maximum atomic E-state index is 10.4. The Kier molecular flexibility index (Phi) is 5.98. The summed E-state index contributed by atoms with van der Waals surface area (Å²) >= 11 is 0.